The zero-order valence-corrected chi connectivity index (χ0v) is 19.2. The van der Waals surface area contributed by atoms with E-state index < -0.39 is 60.7 Å². The predicted octanol–water partition coefficient (Wildman–Crippen LogP) is 1.74. The highest BCUT2D eigenvalue weighted by Gasteiger charge is 2.63. The van der Waals surface area contributed by atoms with Gasteiger partial charge in [0.25, 0.3) is 5.79 Å². The number of rotatable bonds is 6. The van der Waals surface area contributed by atoms with Crippen LogP contribution in [0.4, 0.5) is 0 Å². The third-order valence-corrected chi connectivity index (χ3v) is 5.23. The zero-order valence-electron chi connectivity index (χ0n) is 19.2. The molecule has 0 aromatic heterocycles. The molecule has 0 bridgehead atoms. The van der Waals surface area contributed by atoms with Crippen LogP contribution in [-0.2, 0) is 48.6 Å². The van der Waals surface area contributed by atoms with E-state index >= 15 is 0 Å². The molecular weight excluding hydrogens is 448 g/mol. The molecular formula is C24H26O10. The van der Waals surface area contributed by atoms with Gasteiger partial charge in [-0.25, -0.2) is 0 Å². The smallest absolute Gasteiger partial charge is 0.305 e. The first-order valence-corrected chi connectivity index (χ1v) is 10.6. The minimum Gasteiger partial charge on any atom is -0.456 e. The lowest BCUT2D eigenvalue weighted by Crippen LogP contribution is -2.67. The number of hydrogen-bond donors (Lipinski definition) is 1. The van der Waals surface area contributed by atoms with Gasteiger partial charge in [0.2, 0.25) is 6.10 Å². The third-order valence-electron chi connectivity index (χ3n) is 5.23. The average Bonchev–Trinajstić information content (AvgIpc) is 2.76. The van der Waals surface area contributed by atoms with E-state index in [1.54, 1.807) is 24.3 Å². The van der Waals surface area contributed by atoms with E-state index in [4.69, 9.17) is 23.7 Å². The number of fused-ring (bicyclic) bond motifs is 1. The second-order valence-electron chi connectivity index (χ2n) is 7.80. The average molecular weight is 474 g/mol. The lowest BCUT2D eigenvalue weighted by atomic mass is 9.85. The van der Waals surface area contributed by atoms with Crippen LogP contribution in [0.2, 0.25) is 0 Å². The molecule has 0 radical (unpaired) electrons. The number of carbonyl (C=O) groups is 4. The van der Waals surface area contributed by atoms with Crippen LogP contribution < -0.4 is 0 Å². The van der Waals surface area contributed by atoms with Crippen LogP contribution in [-0.4, -0.2) is 60.0 Å². The molecule has 1 aliphatic heterocycles. The van der Waals surface area contributed by atoms with Gasteiger partial charge in [0.1, 0.15) is 6.10 Å². The highest BCUT2D eigenvalue weighted by Crippen LogP contribution is 2.45. The molecule has 1 unspecified atom stereocenters. The predicted molar refractivity (Wildman–Crippen MR) is 116 cm³/mol. The third kappa shape index (κ3) is 5.02. The highest BCUT2D eigenvalue weighted by molar-refractivity contribution is 5.87. The van der Waals surface area contributed by atoms with Crippen LogP contribution in [0.1, 0.15) is 33.3 Å². The number of hydrogen-bond acceptors (Lipinski definition) is 10. The Kier molecular flexibility index (Phi) is 7.53. The summed E-state index contributed by atoms with van der Waals surface area (Å²) in [5.74, 6) is -5.29. The summed E-state index contributed by atoms with van der Waals surface area (Å²) in [5, 5.41) is 11.5. The molecule has 182 valence electrons. The van der Waals surface area contributed by atoms with Gasteiger partial charge in [0, 0.05) is 33.3 Å². The Balaban J connectivity index is 2.34. The maximum Gasteiger partial charge on any atom is 0.305 e. The number of carbonyl (C=O) groups excluding carboxylic acids is 4. The van der Waals surface area contributed by atoms with Gasteiger partial charge in [0.05, 0.1) is 6.61 Å². The van der Waals surface area contributed by atoms with Crippen molar-refractivity contribution < 1.29 is 48.0 Å². The Bertz CT molecular complexity index is 1090. The molecule has 1 fully saturated rings. The molecule has 2 aromatic rings. The van der Waals surface area contributed by atoms with Gasteiger partial charge < -0.3 is 28.8 Å². The highest BCUT2D eigenvalue weighted by atomic mass is 16.8. The van der Waals surface area contributed by atoms with Gasteiger partial charge in [-0.2, -0.15) is 0 Å². The molecule has 2 aromatic carbocycles. The fourth-order valence-corrected chi connectivity index (χ4v) is 4.18. The normalized spacial score (nSPS) is 26.4. The van der Waals surface area contributed by atoms with Crippen molar-refractivity contribution in [3.05, 3.63) is 48.0 Å². The van der Waals surface area contributed by atoms with Crippen molar-refractivity contribution in [2.24, 2.45) is 0 Å². The number of esters is 4. The van der Waals surface area contributed by atoms with E-state index in [-0.39, 0.29) is 5.56 Å². The van der Waals surface area contributed by atoms with E-state index in [9.17, 15) is 24.3 Å². The van der Waals surface area contributed by atoms with Crippen molar-refractivity contribution in [3.8, 4) is 0 Å². The van der Waals surface area contributed by atoms with E-state index in [0.29, 0.717) is 5.39 Å². The van der Waals surface area contributed by atoms with Crippen molar-refractivity contribution >= 4 is 34.6 Å². The maximum atomic E-state index is 12.3. The molecule has 0 aliphatic carbocycles. The number of benzene rings is 2. The minimum atomic E-state index is -2.15. The molecule has 1 aliphatic rings. The fourth-order valence-electron chi connectivity index (χ4n) is 4.18. The van der Waals surface area contributed by atoms with Crippen molar-refractivity contribution in [3.63, 3.8) is 0 Å². The molecule has 5 atom stereocenters. The molecule has 0 saturated carbocycles. The van der Waals surface area contributed by atoms with Gasteiger partial charge in [-0.1, -0.05) is 42.5 Å². The van der Waals surface area contributed by atoms with Crippen molar-refractivity contribution in [2.45, 2.75) is 57.9 Å². The number of ether oxygens (including phenoxy) is 5. The molecule has 10 nitrogen and oxygen atoms in total. The zero-order chi connectivity index (χ0) is 25.0. The molecule has 10 heteroatoms. The van der Waals surface area contributed by atoms with Crippen molar-refractivity contribution in [2.75, 3.05) is 6.61 Å². The fraction of sp³-hybridized carbons (Fsp3) is 0.417. The Morgan fingerprint density at radius 1 is 0.824 bits per heavy atom. The number of aliphatic hydroxyl groups excluding tert-OH is 1. The summed E-state index contributed by atoms with van der Waals surface area (Å²) in [7, 11) is 0. The monoisotopic (exact) mass is 474 g/mol. The summed E-state index contributed by atoms with van der Waals surface area (Å²) >= 11 is 0. The topological polar surface area (TPSA) is 135 Å². The minimum absolute atomic E-state index is 0.281. The standard InChI is InChI=1S/C24H26O10/c1-13(26)30-21-20(12-25)34-24(33-16(4)29,23(32-15(3)28)22(21)31-14(2)27)19-11-7-9-17-8-5-6-10-18(17)19/h5-11,20-23,25H,12H2,1-4H3/t20-,21-,22+,23-,24?/m1/s1. The van der Waals surface area contributed by atoms with Crippen molar-refractivity contribution in [1.29, 1.82) is 0 Å². The maximum absolute atomic E-state index is 12.3. The summed E-state index contributed by atoms with van der Waals surface area (Å²) in [6.07, 6.45) is -5.74. The second kappa shape index (κ2) is 10.2. The first-order chi connectivity index (χ1) is 16.1. The van der Waals surface area contributed by atoms with E-state index in [2.05, 4.69) is 0 Å². The number of aliphatic hydroxyl groups is 1. The molecule has 3 rings (SSSR count). The second-order valence-corrected chi connectivity index (χ2v) is 7.80. The quantitative estimate of drug-likeness (QED) is 0.487. The first-order valence-electron chi connectivity index (χ1n) is 10.6. The van der Waals surface area contributed by atoms with Crippen LogP contribution in [0.15, 0.2) is 42.5 Å². The van der Waals surface area contributed by atoms with E-state index in [1.165, 1.54) is 0 Å². The van der Waals surface area contributed by atoms with Gasteiger partial charge in [-0.05, 0) is 10.8 Å². The summed E-state index contributed by atoms with van der Waals surface area (Å²) in [4.78, 5) is 48.4. The Hall–Kier alpha value is -3.50. The molecule has 1 saturated heterocycles. The summed E-state index contributed by atoms with van der Waals surface area (Å²) in [6.45, 7) is 3.79. The largest absolute Gasteiger partial charge is 0.456 e. The molecule has 34 heavy (non-hydrogen) atoms. The van der Waals surface area contributed by atoms with Crippen LogP contribution >= 0.6 is 0 Å². The van der Waals surface area contributed by atoms with Crippen molar-refractivity contribution in [1.82, 2.24) is 0 Å². The van der Waals surface area contributed by atoms with Gasteiger partial charge in [-0.15, -0.1) is 0 Å². The van der Waals surface area contributed by atoms with Gasteiger partial charge in [0.15, 0.2) is 12.2 Å². The molecule has 1 heterocycles. The molecule has 0 amide bonds. The Morgan fingerprint density at radius 2 is 1.41 bits per heavy atom. The Labute approximate surface area is 195 Å². The lowest BCUT2D eigenvalue weighted by Gasteiger charge is -2.50. The summed E-state index contributed by atoms with van der Waals surface area (Å²) in [5.41, 5.74) is 0.281. The Morgan fingerprint density at radius 3 is 2.00 bits per heavy atom. The lowest BCUT2D eigenvalue weighted by molar-refractivity contribution is -0.361. The molecule has 1 N–H and O–H groups in total. The van der Waals surface area contributed by atoms with E-state index in [0.717, 1.165) is 33.1 Å². The van der Waals surface area contributed by atoms with Crippen LogP contribution in [0, 0.1) is 0 Å². The van der Waals surface area contributed by atoms with Gasteiger partial charge >= 0.3 is 23.9 Å². The summed E-state index contributed by atoms with van der Waals surface area (Å²) < 4.78 is 28.1. The van der Waals surface area contributed by atoms with Crippen LogP contribution in [0.3, 0.4) is 0 Å². The van der Waals surface area contributed by atoms with Crippen LogP contribution in [0.5, 0.6) is 0 Å². The van der Waals surface area contributed by atoms with Crippen LogP contribution in [0.25, 0.3) is 10.8 Å². The first kappa shape index (κ1) is 25.1. The van der Waals surface area contributed by atoms with Gasteiger partial charge in [-0.3, -0.25) is 19.2 Å². The van der Waals surface area contributed by atoms with E-state index in [1.807, 2.05) is 18.2 Å². The summed E-state index contributed by atoms with van der Waals surface area (Å²) in [6, 6.07) is 12.2. The SMILES string of the molecule is CC(=O)O[C@H]1[C@H](OC(C)=O)[C@@H](CO)OC(OC(C)=O)(c2cccc3ccccc23)[C@@H]1OC(C)=O. The molecule has 0 spiro atoms.